The normalized spacial score (nSPS) is 17.6. The summed E-state index contributed by atoms with van der Waals surface area (Å²) < 4.78 is 5.93. The molecule has 2 aromatic rings. The Morgan fingerprint density at radius 2 is 2.00 bits per heavy atom. The van der Waals surface area contributed by atoms with Gasteiger partial charge in [0.2, 0.25) is 5.91 Å². The number of carbonyl (C=O) groups excluding carboxylic acids is 1. The molecule has 2 heterocycles. The van der Waals surface area contributed by atoms with E-state index in [4.69, 9.17) is 4.74 Å². The molecule has 1 aliphatic rings. The number of fused-ring (bicyclic) bond motifs is 1. The average molecular weight is 338 g/mol. The van der Waals surface area contributed by atoms with Gasteiger partial charge < -0.3 is 9.64 Å². The molecule has 0 saturated heterocycles. The van der Waals surface area contributed by atoms with Crippen molar-refractivity contribution in [2.24, 2.45) is 0 Å². The van der Waals surface area contributed by atoms with Gasteiger partial charge in [0.15, 0.2) is 0 Å². The SMILES string of the molecule is CC[C@@H](c1ccncc1)N(CC)C(=O)C[C@H]1OCCc2ccccc21. The van der Waals surface area contributed by atoms with E-state index in [9.17, 15) is 4.79 Å². The van der Waals surface area contributed by atoms with E-state index in [0.29, 0.717) is 19.6 Å². The van der Waals surface area contributed by atoms with E-state index in [1.54, 1.807) is 12.4 Å². The molecular formula is C21H26N2O2. The Morgan fingerprint density at radius 3 is 2.72 bits per heavy atom. The van der Waals surface area contributed by atoms with Gasteiger partial charge in [-0.05, 0) is 48.6 Å². The first-order valence-electron chi connectivity index (χ1n) is 9.13. The van der Waals surface area contributed by atoms with Crippen LogP contribution in [0, 0.1) is 0 Å². The largest absolute Gasteiger partial charge is 0.373 e. The number of hydrogen-bond acceptors (Lipinski definition) is 3. The highest BCUT2D eigenvalue weighted by Gasteiger charge is 2.28. The zero-order valence-corrected chi connectivity index (χ0v) is 15.0. The van der Waals surface area contributed by atoms with Crippen LogP contribution in [0.3, 0.4) is 0 Å². The summed E-state index contributed by atoms with van der Waals surface area (Å²) in [5.74, 6) is 0.146. The van der Waals surface area contributed by atoms with Gasteiger partial charge in [0, 0.05) is 18.9 Å². The Bertz CT molecular complexity index is 702. The summed E-state index contributed by atoms with van der Waals surface area (Å²) in [6, 6.07) is 12.4. The van der Waals surface area contributed by atoms with Gasteiger partial charge in [-0.1, -0.05) is 31.2 Å². The Morgan fingerprint density at radius 1 is 1.24 bits per heavy atom. The first-order valence-corrected chi connectivity index (χ1v) is 9.13. The zero-order valence-electron chi connectivity index (χ0n) is 15.0. The first kappa shape index (κ1) is 17.6. The van der Waals surface area contributed by atoms with Crippen molar-refractivity contribution in [1.29, 1.82) is 0 Å². The van der Waals surface area contributed by atoms with Gasteiger partial charge in [0.25, 0.3) is 0 Å². The standard InChI is InChI=1S/C21H26N2O2/c1-3-19(17-9-12-22-13-10-17)23(4-2)21(24)15-20-18-8-6-5-7-16(18)11-14-25-20/h5-10,12-13,19-20H,3-4,11,14-15H2,1-2H3/t19-,20+/m0/s1. The number of rotatable bonds is 6. The fourth-order valence-electron chi connectivity index (χ4n) is 3.71. The molecule has 1 aromatic heterocycles. The molecule has 0 radical (unpaired) electrons. The molecular weight excluding hydrogens is 312 g/mol. The highest BCUT2D eigenvalue weighted by atomic mass is 16.5. The lowest BCUT2D eigenvalue weighted by molar-refractivity contribution is -0.137. The number of nitrogens with zero attached hydrogens (tertiary/aromatic N) is 2. The topological polar surface area (TPSA) is 42.4 Å². The molecule has 4 heteroatoms. The van der Waals surface area contributed by atoms with Crippen molar-refractivity contribution in [3.63, 3.8) is 0 Å². The summed E-state index contributed by atoms with van der Waals surface area (Å²) in [4.78, 5) is 19.1. The molecule has 0 fully saturated rings. The Balaban J connectivity index is 1.77. The fraction of sp³-hybridized carbons (Fsp3) is 0.429. The quantitative estimate of drug-likeness (QED) is 0.797. The monoisotopic (exact) mass is 338 g/mol. The molecule has 0 aliphatic carbocycles. The van der Waals surface area contributed by atoms with E-state index in [1.807, 2.05) is 30.0 Å². The van der Waals surface area contributed by atoms with Crippen molar-refractivity contribution in [3.8, 4) is 0 Å². The summed E-state index contributed by atoms with van der Waals surface area (Å²) in [7, 11) is 0. The second-order valence-corrected chi connectivity index (χ2v) is 6.40. The van der Waals surface area contributed by atoms with Crippen LogP contribution in [0.5, 0.6) is 0 Å². The van der Waals surface area contributed by atoms with E-state index >= 15 is 0 Å². The molecule has 25 heavy (non-hydrogen) atoms. The summed E-state index contributed by atoms with van der Waals surface area (Å²) in [5, 5.41) is 0. The average Bonchev–Trinajstić information content (AvgIpc) is 2.67. The number of hydrogen-bond donors (Lipinski definition) is 0. The summed E-state index contributed by atoms with van der Waals surface area (Å²) in [5.41, 5.74) is 3.60. The van der Waals surface area contributed by atoms with E-state index in [-0.39, 0.29) is 18.1 Å². The van der Waals surface area contributed by atoms with Crippen LogP contribution in [0.1, 0.15) is 55.5 Å². The third-order valence-corrected chi connectivity index (χ3v) is 4.97. The molecule has 132 valence electrons. The van der Waals surface area contributed by atoms with E-state index in [1.165, 1.54) is 5.56 Å². The summed E-state index contributed by atoms with van der Waals surface area (Å²) in [6.07, 6.45) is 5.64. The van der Waals surface area contributed by atoms with Crippen molar-refractivity contribution < 1.29 is 9.53 Å². The second-order valence-electron chi connectivity index (χ2n) is 6.40. The van der Waals surface area contributed by atoms with Gasteiger partial charge in [0.05, 0.1) is 25.2 Å². The maximum Gasteiger partial charge on any atom is 0.226 e. The molecule has 0 spiro atoms. The molecule has 0 unspecified atom stereocenters. The van der Waals surface area contributed by atoms with Crippen LogP contribution in [-0.4, -0.2) is 28.9 Å². The first-order chi connectivity index (χ1) is 12.2. The van der Waals surface area contributed by atoms with Crippen LogP contribution < -0.4 is 0 Å². The van der Waals surface area contributed by atoms with Gasteiger partial charge in [-0.25, -0.2) is 0 Å². The van der Waals surface area contributed by atoms with Crippen molar-refractivity contribution >= 4 is 5.91 Å². The fourth-order valence-corrected chi connectivity index (χ4v) is 3.71. The predicted molar refractivity (Wildman–Crippen MR) is 98.1 cm³/mol. The minimum absolute atomic E-state index is 0.0827. The van der Waals surface area contributed by atoms with Gasteiger partial charge >= 0.3 is 0 Å². The molecule has 0 N–H and O–H groups in total. The number of amides is 1. The van der Waals surface area contributed by atoms with E-state index < -0.39 is 0 Å². The molecule has 3 rings (SSSR count). The number of benzene rings is 1. The van der Waals surface area contributed by atoms with Crippen LogP contribution in [-0.2, 0) is 16.0 Å². The second kappa shape index (κ2) is 8.26. The molecule has 4 nitrogen and oxygen atoms in total. The maximum atomic E-state index is 13.1. The predicted octanol–water partition coefficient (Wildman–Crippen LogP) is 4.09. The third-order valence-electron chi connectivity index (χ3n) is 4.97. The number of ether oxygens (including phenoxy) is 1. The van der Waals surface area contributed by atoms with Crippen LogP contribution in [0.15, 0.2) is 48.8 Å². The van der Waals surface area contributed by atoms with Gasteiger partial charge in [-0.3, -0.25) is 9.78 Å². The van der Waals surface area contributed by atoms with Crippen LogP contribution >= 0.6 is 0 Å². The third kappa shape index (κ3) is 3.90. The maximum absolute atomic E-state index is 13.1. The minimum Gasteiger partial charge on any atom is -0.373 e. The lowest BCUT2D eigenvalue weighted by atomic mass is 9.95. The number of aromatic nitrogens is 1. The summed E-state index contributed by atoms with van der Waals surface area (Å²) >= 11 is 0. The molecule has 1 aliphatic heterocycles. The van der Waals surface area contributed by atoms with Gasteiger partial charge in [0.1, 0.15) is 0 Å². The Kier molecular flexibility index (Phi) is 5.82. The summed E-state index contributed by atoms with van der Waals surface area (Å²) in [6.45, 7) is 5.53. The van der Waals surface area contributed by atoms with Crippen molar-refractivity contribution in [2.45, 2.75) is 45.3 Å². The lowest BCUT2D eigenvalue weighted by Gasteiger charge is -2.33. The van der Waals surface area contributed by atoms with Crippen LogP contribution in [0.4, 0.5) is 0 Å². The van der Waals surface area contributed by atoms with Gasteiger partial charge in [-0.15, -0.1) is 0 Å². The smallest absolute Gasteiger partial charge is 0.226 e. The van der Waals surface area contributed by atoms with Crippen molar-refractivity contribution in [2.75, 3.05) is 13.2 Å². The van der Waals surface area contributed by atoms with Gasteiger partial charge in [-0.2, -0.15) is 0 Å². The molecule has 1 aromatic carbocycles. The minimum atomic E-state index is -0.138. The number of pyridine rings is 1. The highest BCUT2D eigenvalue weighted by Crippen LogP contribution is 2.32. The molecule has 1 amide bonds. The van der Waals surface area contributed by atoms with E-state index in [2.05, 4.69) is 30.1 Å². The Hall–Kier alpha value is -2.20. The van der Waals surface area contributed by atoms with E-state index in [0.717, 1.165) is 24.0 Å². The van der Waals surface area contributed by atoms with Crippen LogP contribution in [0.2, 0.25) is 0 Å². The molecule has 0 bridgehead atoms. The number of carbonyl (C=O) groups is 1. The zero-order chi connectivity index (χ0) is 17.6. The van der Waals surface area contributed by atoms with Crippen LogP contribution in [0.25, 0.3) is 0 Å². The lowest BCUT2D eigenvalue weighted by Crippen LogP contribution is -2.36. The highest BCUT2D eigenvalue weighted by molar-refractivity contribution is 5.77. The molecule has 0 saturated carbocycles. The van der Waals surface area contributed by atoms with Crippen molar-refractivity contribution in [1.82, 2.24) is 9.88 Å². The Labute approximate surface area is 149 Å². The van der Waals surface area contributed by atoms with Crippen molar-refractivity contribution in [3.05, 3.63) is 65.5 Å². The molecule has 2 atom stereocenters.